The smallest absolute Gasteiger partial charge is 0.296 e. The minimum absolute atomic E-state index is 0.0401. The molecule has 9 heteroatoms. The van der Waals surface area contributed by atoms with Crippen LogP contribution in [0.1, 0.15) is 36.0 Å². The molecule has 180 valence electrons. The number of aliphatic hydroxyl groups excluding tert-OH is 1. The minimum atomic E-state index is -0.919. The molecule has 1 unspecified atom stereocenters. The van der Waals surface area contributed by atoms with Crippen molar-refractivity contribution in [3.8, 4) is 11.5 Å². The summed E-state index contributed by atoms with van der Waals surface area (Å²) in [6.45, 7) is 6.34. The first-order valence-corrected chi connectivity index (χ1v) is 12.0. The molecule has 35 heavy (non-hydrogen) atoms. The Hall–Kier alpha value is -3.98. The van der Waals surface area contributed by atoms with Gasteiger partial charge in [-0.15, -0.1) is 10.2 Å². The van der Waals surface area contributed by atoms with E-state index in [1.54, 1.807) is 31.2 Å². The predicted molar refractivity (Wildman–Crippen MR) is 134 cm³/mol. The number of aryl methyl sites for hydroxylation is 1. The van der Waals surface area contributed by atoms with Gasteiger partial charge in [-0.05, 0) is 50.1 Å². The third-order valence-corrected chi connectivity index (χ3v) is 6.14. The van der Waals surface area contributed by atoms with Crippen LogP contribution in [0.3, 0.4) is 0 Å². The summed E-state index contributed by atoms with van der Waals surface area (Å²) in [6, 6.07) is 13.6. The molecular weight excluding hydrogens is 466 g/mol. The highest BCUT2D eigenvalue weighted by Crippen LogP contribution is 2.44. The van der Waals surface area contributed by atoms with Crippen LogP contribution in [-0.4, -0.2) is 40.2 Å². The molecule has 0 spiro atoms. The zero-order valence-electron chi connectivity index (χ0n) is 19.6. The van der Waals surface area contributed by atoms with Gasteiger partial charge in [-0.1, -0.05) is 53.8 Å². The van der Waals surface area contributed by atoms with Gasteiger partial charge < -0.3 is 14.6 Å². The van der Waals surface area contributed by atoms with Crippen molar-refractivity contribution in [1.29, 1.82) is 0 Å². The Bertz CT molecular complexity index is 1300. The number of benzene rings is 2. The van der Waals surface area contributed by atoms with Crippen LogP contribution < -0.4 is 14.4 Å². The van der Waals surface area contributed by atoms with Crippen molar-refractivity contribution in [3.63, 3.8) is 0 Å². The van der Waals surface area contributed by atoms with E-state index >= 15 is 0 Å². The second kappa shape index (κ2) is 10.5. The van der Waals surface area contributed by atoms with Gasteiger partial charge in [-0.3, -0.25) is 14.5 Å². The third-order valence-electron chi connectivity index (χ3n) is 5.30. The van der Waals surface area contributed by atoms with Gasteiger partial charge in [0.05, 0.1) is 24.8 Å². The quantitative estimate of drug-likeness (QED) is 0.428. The molecule has 0 fully saturated rings. The van der Waals surface area contributed by atoms with E-state index in [1.165, 1.54) is 22.3 Å². The fourth-order valence-electron chi connectivity index (χ4n) is 3.82. The molecule has 1 aliphatic heterocycles. The molecule has 0 saturated heterocycles. The van der Waals surface area contributed by atoms with E-state index in [0.717, 1.165) is 5.56 Å². The highest BCUT2D eigenvalue weighted by atomic mass is 32.1. The van der Waals surface area contributed by atoms with Crippen LogP contribution in [0.15, 0.2) is 65.9 Å². The van der Waals surface area contributed by atoms with Crippen molar-refractivity contribution in [2.45, 2.75) is 26.8 Å². The van der Waals surface area contributed by atoms with Crippen molar-refractivity contribution >= 4 is 34.2 Å². The highest BCUT2D eigenvalue weighted by molar-refractivity contribution is 7.15. The summed E-state index contributed by atoms with van der Waals surface area (Å²) >= 11 is 1.20. The largest absolute Gasteiger partial charge is 0.503 e. The van der Waals surface area contributed by atoms with E-state index in [1.807, 2.05) is 44.2 Å². The predicted octanol–water partition coefficient (Wildman–Crippen LogP) is 4.83. The topological polar surface area (TPSA) is 102 Å². The summed E-state index contributed by atoms with van der Waals surface area (Å²) in [7, 11) is 0. The molecule has 3 aromatic rings. The van der Waals surface area contributed by atoms with Gasteiger partial charge in [-0.25, -0.2) is 0 Å². The number of carbonyl (C=O) groups excluding carboxylic acids is 2. The number of hydrogen-bond acceptors (Lipinski definition) is 8. The van der Waals surface area contributed by atoms with Crippen LogP contribution in [0, 0.1) is 6.92 Å². The van der Waals surface area contributed by atoms with E-state index in [9.17, 15) is 14.7 Å². The van der Waals surface area contributed by atoms with Gasteiger partial charge in [0.1, 0.15) is 5.01 Å². The number of carbonyl (C=O) groups is 2. The summed E-state index contributed by atoms with van der Waals surface area (Å²) in [5, 5.41) is 19.9. The first-order valence-electron chi connectivity index (χ1n) is 11.2. The monoisotopic (exact) mass is 491 g/mol. The second-order valence-electron chi connectivity index (χ2n) is 7.62. The fraction of sp³-hybridized carbons (Fsp3) is 0.231. The van der Waals surface area contributed by atoms with Crippen LogP contribution >= 0.6 is 11.3 Å². The SMILES string of the molecule is CCOc1ccc(C2C(C(=O)C=Cc3ccccc3)=C(O)C(=O)N2c2nnc(C)s2)cc1OCC. The van der Waals surface area contributed by atoms with Crippen LogP contribution in [0.25, 0.3) is 6.08 Å². The van der Waals surface area contributed by atoms with Gasteiger partial charge in [0.25, 0.3) is 5.91 Å². The van der Waals surface area contributed by atoms with Crippen molar-refractivity contribution in [1.82, 2.24) is 10.2 Å². The first kappa shape index (κ1) is 24.2. The number of aromatic nitrogens is 2. The molecule has 1 aliphatic rings. The van der Waals surface area contributed by atoms with Crippen LogP contribution in [-0.2, 0) is 9.59 Å². The number of ether oxygens (including phenoxy) is 2. The van der Waals surface area contributed by atoms with Crippen molar-refractivity contribution < 1.29 is 24.2 Å². The summed E-state index contributed by atoms with van der Waals surface area (Å²) in [5.74, 6) is -0.788. The zero-order chi connectivity index (χ0) is 24.9. The lowest BCUT2D eigenvalue weighted by molar-refractivity contribution is -0.117. The molecule has 0 bridgehead atoms. The van der Waals surface area contributed by atoms with Crippen LogP contribution in [0.5, 0.6) is 11.5 Å². The maximum Gasteiger partial charge on any atom is 0.296 e. The lowest BCUT2D eigenvalue weighted by Crippen LogP contribution is -2.31. The third kappa shape index (κ3) is 4.95. The Balaban J connectivity index is 1.81. The fourth-order valence-corrected chi connectivity index (χ4v) is 4.53. The average Bonchev–Trinajstić information content (AvgIpc) is 3.40. The maximum absolute atomic E-state index is 13.3. The van der Waals surface area contributed by atoms with E-state index in [2.05, 4.69) is 10.2 Å². The lowest BCUT2D eigenvalue weighted by atomic mass is 9.95. The van der Waals surface area contributed by atoms with E-state index < -0.39 is 23.5 Å². The van der Waals surface area contributed by atoms with Crippen LogP contribution in [0.4, 0.5) is 5.13 Å². The maximum atomic E-state index is 13.3. The van der Waals surface area contributed by atoms with E-state index in [4.69, 9.17) is 9.47 Å². The van der Waals surface area contributed by atoms with Crippen molar-refractivity contribution in [2.75, 3.05) is 18.1 Å². The minimum Gasteiger partial charge on any atom is -0.503 e. The normalized spacial score (nSPS) is 15.8. The lowest BCUT2D eigenvalue weighted by Gasteiger charge is -2.24. The molecule has 1 N–H and O–H groups in total. The summed E-state index contributed by atoms with van der Waals surface area (Å²) in [4.78, 5) is 27.8. The number of nitrogens with zero attached hydrogens (tertiary/aromatic N) is 3. The number of anilines is 1. The van der Waals surface area contributed by atoms with Gasteiger partial charge in [0.2, 0.25) is 5.13 Å². The summed E-state index contributed by atoms with van der Waals surface area (Å²) in [5.41, 5.74) is 1.35. The average molecular weight is 492 g/mol. The van der Waals surface area contributed by atoms with Crippen LogP contribution in [0.2, 0.25) is 0 Å². The molecule has 4 rings (SSSR count). The molecule has 1 aromatic heterocycles. The number of amides is 1. The van der Waals surface area contributed by atoms with E-state index in [-0.39, 0.29) is 10.7 Å². The molecule has 1 amide bonds. The highest BCUT2D eigenvalue weighted by Gasteiger charge is 2.45. The molecule has 2 aromatic carbocycles. The number of rotatable bonds is 9. The Morgan fingerprint density at radius 3 is 2.46 bits per heavy atom. The van der Waals surface area contributed by atoms with Gasteiger partial charge in [0, 0.05) is 0 Å². The molecular formula is C26H25N3O5S. The van der Waals surface area contributed by atoms with Gasteiger partial charge in [-0.2, -0.15) is 0 Å². The Morgan fingerprint density at radius 2 is 1.80 bits per heavy atom. The Kier molecular flexibility index (Phi) is 7.26. The first-order chi connectivity index (χ1) is 16.9. The zero-order valence-corrected chi connectivity index (χ0v) is 20.4. The molecule has 1 atom stereocenters. The number of ketones is 1. The second-order valence-corrected chi connectivity index (χ2v) is 8.78. The van der Waals surface area contributed by atoms with E-state index in [0.29, 0.717) is 35.3 Å². The summed E-state index contributed by atoms with van der Waals surface area (Å²) in [6.07, 6.45) is 3.00. The van der Waals surface area contributed by atoms with Crippen molar-refractivity contribution in [2.24, 2.45) is 0 Å². The number of allylic oxidation sites excluding steroid dienone is 1. The number of hydrogen-bond donors (Lipinski definition) is 1. The number of aliphatic hydroxyl groups is 1. The standard InChI is InChI=1S/C26H25N3O5S/c1-4-33-20-14-12-18(15-21(20)34-5-2)23-22(19(30)13-11-17-9-7-6-8-10-17)24(31)25(32)29(23)26-28-27-16(3)35-26/h6-15,23,31H,4-5H2,1-3H3. The molecule has 8 nitrogen and oxygen atoms in total. The van der Waals surface area contributed by atoms with Gasteiger partial charge in [0.15, 0.2) is 23.0 Å². The molecule has 2 heterocycles. The summed E-state index contributed by atoms with van der Waals surface area (Å²) < 4.78 is 11.4. The molecule has 0 aliphatic carbocycles. The molecule has 0 saturated carbocycles. The van der Waals surface area contributed by atoms with Gasteiger partial charge >= 0.3 is 0 Å². The van der Waals surface area contributed by atoms with Crippen molar-refractivity contribution in [3.05, 3.63) is 82.1 Å². The Morgan fingerprint density at radius 1 is 1.09 bits per heavy atom. The Labute approximate surface area is 207 Å². The molecule has 0 radical (unpaired) electrons.